The minimum absolute atomic E-state index is 0.548. The fourth-order valence-electron chi connectivity index (χ4n) is 2.33. The normalized spacial score (nSPS) is 11.7. The molecule has 0 unspecified atom stereocenters. The number of aliphatic imine (C=N–C) groups is 1. The van der Waals surface area contributed by atoms with Crippen molar-refractivity contribution in [2.24, 2.45) is 18.0 Å². The molecule has 2 aromatic rings. The maximum absolute atomic E-state index is 5.94. The fraction of sp³-hybridized carbons (Fsp3) is 0.526. The van der Waals surface area contributed by atoms with E-state index in [0.717, 1.165) is 42.7 Å². The summed E-state index contributed by atoms with van der Waals surface area (Å²) in [5.41, 5.74) is 1.08. The van der Waals surface area contributed by atoms with Gasteiger partial charge in [-0.1, -0.05) is 32.0 Å². The number of hydrogen-bond acceptors (Lipinski definition) is 4. The van der Waals surface area contributed by atoms with Gasteiger partial charge < -0.3 is 15.4 Å². The summed E-state index contributed by atoms with van der Waals surface area (Å²) in [7, 11) is 1.87. The van der Waals surface area contributed by atoms with E-state index in [0.29, 0.717) is 19.0 Å². The summed E-state index contributed by atoms with van der Waals surface area (Å²) in [4.78, 5) is 8.89. The molecule has 0 aliphatic heterocycles. The van der Waals surface area contributed by atoms with E-state index < -0.39 is 0 Å². The average molecular weight is 358 g/mol. The number of ether oxygens (including phenoxy) is 1. The lowest BCUT2D eigenvalue weighted by Gasteiger charge is -2.13. The number of para-hydroxylation sites is 1. The van der Waals surface area contributed by atoms with Crippen LogP contribution in [-0.4, -0.2) is 33.9 Å². The van der Waals surface area contributed by atoms with Crippen LogP contribution < -0.4 is 15.4 Å². The Kier molecular flexibility index (Phi) is 7.92. The third kappa shape index (κ3) is 6.38. The van der Waals surface area contributed by atoms with E-state index >= 15 is 0 Å². The van der Waals surface area contributed by atoms with Crippen LogP contribution in [0.1, 0.15) is 38.6 Å². The van der Waals surface area contributed by atoms with Crippen molar-refractivity contribution in [3.05, 3.63) is 42.0 Å². The summed E-state index contributed by atoms with van der Waals surface area (Å²) in [6.07, 6.45) is 2.59. The third-order valence-corrected chi connectivity index (χ3v) is 3.90. The van der Waals surface area contributed by atoms with Crippen molar-refractivity contribution in [1.29, 1.82) is 0 Å². The van der Waals surface area contributed by atoms with Gasteiger partial charge in [-0.2, -0.15) is 5.10 Å². The predicted molar refractivity (Wildman–Crippen MR) is 104 cm³/mol. The number of aryl methyl sites for hydroxylation is 1. The van der Waals surface area contributed by atoms with Crippen molar-refractivity contribution in [2.75, 3.05) is 13.2 Å². The van der Waals surface area contributed by atoms with Crippen LogP contribution in [-0.2, 0) is 20.1 Å². The first kappa shape index (κ1) is 19.8. The largest absolute Gasteiger partial charge is 0.493 e. The van der Waals surface area contributed by atoms with Crippen molar-refractivity contribution in [1.82, 2.24) is 25.4 Å². The molecule has 0 saturated carbocycles. The van der Waals surface area contributed by atoms with Crippen LogP contribution in [0.5, 0.6) is 5.75 Å². The van der Waals surface area contributed by atoms with Gasteiger partial charge in [-0.15, -0.1) is 0 Å². The molecule has 0 radical (unpaired) electrons. The molecule has 0 saturated heterocycles. The summed E-state index contributed by atoms with van der Waals surface area (Å²) in [6, 6.07) is 8.07. The standard InChI is InChI=1S/C19H30N6O/c1-5-20-19(22-13-18-23-14-24-25(18)4)21-12-16-8-6-7-9-17(16)26-11-10-15(2)3/h6-9,14-15H,5,10-13H2,1-4H3,(H2,20,21,22). The van der Waals surface area contributed by atoms with Crippen LogP contribution >= 0.6 is 0 Å². The summed E-state index contributed by atoms with van der Waals surface area (Å²) < 4.78 is 7.69. The summed E-state index contributed by atoms with van der Waals surface area (Å²) in [5, 5.41) is 10.6. The van der Waals surface area contributed by atoms with Crippen molar-refractivity contribution in [3.8, 4) is 5.75 Å². The zero-order chi connectivity index (χ0) is 18.8. The highest BCUT2D eigenvalue weighted by Gasteiger charge is 2.06. The Morgan fingerprint density at radius 2 is 2.08 bits per heavy atom. The number of guanidine groups is 1. The highest BCUT2D eigenvalue weighted by Crippen LogP contribution is 2.19. The molecule has 1 aromatic heterocycles. The molecule has 0 aliphatic carbocycles. The van der Waals surface area contributed by atoms with E-state index in [-0.39, 0.29) is 0 Å². The van der Waals surface area contributed by atoms with Gasteiger partial charge in [-0.25, -0.2) is 9.98 Å². The Morgan fingerprint density at radius 3 is 2.77 bits per heavy atom. The molecule has 26 heavy (non-hydrogen) atoms. The van der Waals surface area contributed by atoms with Crippen LogP contribution in [0.15, 0.2) is 35.6 Å². The number of rotatable bonds is 9. The Balaban J connectivity index is 1.98. The maximum Gasteiger partial charge on any atom is 0.191 e. The molecule has 0 atom stereocenters. The Bertz CT molecular complexity index is 695. The number of aromatic nitrogens is 3. The quantitative estimate of drug-likeness (QED) is 0.532. The average Bonchev–Trinajstić information content (AvgIpc) is 3.03. The molecule has 7 heteroatoms. The van der Waals surface area contributed by atoms with Gasteiger partial charge in [0.05, 0.1) is 19.7 Å². The topological polar surface area (TPSA) is 76.4 Å². The minimum Gasteiger partial charge on any atom is -0.493 e. The first-order valence-electron chi connectivity index (χ1n) is 9.16. The monoisotopic (exact) mass is 358 g/mol. The number of nitrogens with zero attached hydrogens (tertiary/aromatic N) is 4. The van der Waals surface area contributed by atoms with Gasteiger partial charge in [-0.3, -0.25) is 4.68 Å². The molecule has 1 aromatic carbocycles. The van der Waals surface area contributed by atoms with Crippen LogP contribution in [0.4, 0.5) is 0 Å². The fourth-order valence-corrected chi connectivity index (χ4v) is 2.33. The predicted octanol–water partition coefficient (Wildman–Crippen LogP) is 2.50. The zero-order valence-electron chi connectivity index (χ0n) is 16.2. The molecule has 142 valence electrons. The van der Waals surface area contributed by atoms with E-state index in [1.54, 1.807) is 11.0 Å². The van der Waals surface area contributed by atoms with Gasteiger partial charge in [0, 0.05) is 19.2 Å². The van der Waals surface area contributed by atoms with E-state index in [2.05, 4.69) is 45.6 Å². The number of benzene rings is 1. The van der Waals surface area contributed by atoms with Gasteiger partial charge in [0.15, 0.2) is 5.96 Å². The highest BCUT2D eigenvalue weighted by molar-refractivity contribution is 5.79. The molecule has 0 bridgehead atoms. The summed E-state index contributed by atoms with van der Waals surface area (Å²) in [6.45, 7) is 9.07. The van der Waals surface area contributed by atoms with Crippen molar-refractivity contribution < 1.29 is 4.74 Å². The molecular formula is C19H30N6O. The smallest absolute Gasteiger partial charge is 0.191 e. The first-order chi connectivity index (χ1) is 12.6. The van der Waals surface area contributed by atoms with E-state index in [1.165, 1.54) is 0 Å². The van der Waals surface area contributed by atoms with Gasteiger partial charge in [-0.05, 0) is 25.3 Å². The second-order valence-electron chi connectivity index (χ2n) is 6.49. The van der Waals surface area contributed by atoms with Crippen LogP contribution in [0, 0.1) is 5.92 Å². The zero-order valence-corrected chi connectivity index (χ0v) is 16.2. The molecule has 7 nitrogen and oxygen atoms in total. The summed E-state index contributed by atoms with van der Waals surface area (Å²) in [5.74, 6) is 3.13. The Morgan fingerprint density at radius 1 is 1.27 bits per heavy atom. The van der Waals surface area contributed by atoms with E-state index in [9.17, 15) is 0 Å². The maximum atomic E-state index is 5.94. The first-order valence-corrected chi connectivity index (χ1v) is 9.16. The molecule has 0 amide bonds. The second kappa shape index (κ2) is 10.4. The number of hydrogen-bond donors (Lipinski definition) is 2. The van der Waals surface area contributed by atoms with Crippen molar-refractivity contribution in [2.45, 2.75) is 40.3 Å². The lowest BCUT2D eigenvalue weighted by atomic mass is 10.1. The molecule has 0 spiro atoms. The Hall–Kier alpha value is -2.57. The van der Waals surface area contributed by atoms with Crippen LogP contribution in [0.3, 0.4) is 0 Å². The third-order valence-electron chi connectivity index (χ3n) is 3.90. The number of nitrogens with one attached hydrogen (secondary N) is 2. The van der Waals surface area contributed by atoms with E-state index in [4.69, 9.17) is 4.74 Å². The summed E-state index contributed by atoms with van der Waals surface area (Å²) >= 11 is 0. The van der Waals surface area contributed by atoms with Gasteiger partial charge >= 0.3 is 0 Å². The van der Waals surface area contributed by atoms with Crippen molar-refractivity contribution >= 4 is 5.96 Å². The lowest BCUT2D eigenvalue weighted by molar-refractivity contribution is 0.287. The highest BCUT2D eigenvalue weighted by atomic mass is 16.5. The lowest BCUT2D eigenvalue weighted by Crippen LogP contribution is -2.37. The second-order valence-corrected chi connectivity index (χ2v) is 6.49. The van der Waals surface area contributed by atoms with Gasteiger partial charge in [0.2, 0.25) is 0 Å². The molecule has 1 heterocycles. The SMILES string of the molecule is CCNC(=NCc1ccccc1OCCC(C)C)NCc1ncnn1C. The van der Waals surface area contributed by atoms with Crippen LogP contribution in [0.2, 0.25) is 0 Å². The molecule has 0 aliphatic rings. The molecule has 2 rings (SSSR count). The van der Waals surface area contributed by atoms with Crippen LogP contribution in [0.25, 0.3) is 0 Å². The van der Waals surface area contributed by atoms with Gasteiger partial charge in [0.1, 0.15) is 17.9 Å². The van der Waals surface area contributed by atoms with Gasteiger partial charge in [0.25, 0.3) is 0 Å². The molecular weight excluding hydrogens is 328 g/mol. The molecule has 2 N–H and O–H groups in total. The minimum atomic E-state index is 0.548. The van der Waals surface area contributed by atoms with E-state index in [1.807, 2.05) is 32.2 Å². The molecule has 0 fully saturated rings. The van der Waals surface area contributed by atoms with Crippen molar-refractivity contribution in [3.63, 3.8) is 0 Å². The Labute approximate surface area is 155 Å².